The third kappa shape index (κ3) is 3.13. The summed E-state index contributed by atoms with van der Waals surface area (Å²) in [5, 5.41) is 9.71. The van der Waals surface area contributed by atoms with Gasteiger partial charge in [0.05, 0.1) is 6.54 Å². The van der Waals surface area contributed by atoms with E-state index in [4.69, 9.17) is 5.10 Å². The highest BCUT2D eigenvalue weighted by molar-refractivity contribution is 5.94. The summed E-state index contributed by atoms with van der Waals surface area (Å²) in [6, 6.07) is 6.55. The van der Waals surface area contributed by atoms with Crippen molar-refractivity contribution >= 4 is 11.7 Å². The quantitative estimate of drug-likeness (QED) is 0.720. The topological polar surface area (TPSA) is 44.7 Å². The Kier molecular flexibility index (Phi) is 4.96. The second-order valence-electron chi connectivity index (χ2n) is 9.35. The van der Waals surface area contributed by atoms with Gasteiger partial charge in [-0.15, -0.1) is 0 Å². The number of rotatable bonds is 5. The van der Waals surface area contributed by atoms with E-state index in [9.17, 15) is 9.18 Å². The number of nitrogens with one attached hydrogen (secondary N) is 1. The van der Waals surface area contributed by atoms with E-state index < -0.39 is 0 Å². The molecule has 1 unspecified atom stereocenters. The first-order chi connectivity index (χ1) is 13.4. The molecule has 0 radical (unpaired) electrons. The van der Waals surface area contributed by atoms with Crippen LogP contribution in [0.1, 0.15) is 77.2 Å². The highest BCUT2D eigenvalue weighted by Crippen LogP contribution is 2.60. The monoisotopic (exact) mass is 385 g/mol. The van der Waals surface area contributed by atoms with Gasteiger partial charge in [-0.05, 0) is 74.5 Å². The number of unbranched alkanes of at least 4 members (excludes halogenated alkanes) is 1. The van der Waals surface area contributed by atoms with Crippen LogP contribution in [-0.4, -0.2) is 28.8 Å². The average Bonchev–Trinajstić information content (AvgIpc) is 3.28. The number of nitrogens with zero attached hydrogens (tertiary/aromatic N) is 2. The molecule has 1 heterocycles. The van der Waals surface area contributed by atoms with Gasteiger partial charge in [-0.1, -0.05) is 32.4 Å². The van der Waals surface area contributed by atoms with Crippen LogP contribution in [0.25, 0.3) is 0 Å². The number of halogens is 1. The number of carbonyl (C=O) groups is 1. The Balaban J connectivity index is 1.52. The van der Waals surface area contributed by atoms with Crippen LogP contribution in [0.15, 0.2) is 29.4 Å². The van der Waals surface area contributed by atoms with E-state index in [0.717, 1.165) is 30.5 Å². The fraction of sp³-hybridized carbons (Fsp3) is 0.652. The van der Waals surface area contributed by atoms with Gasteiger partial charge in [0.1, 0.15) is 5.82 Å². The minimum atomic E-state index is -0.235. The van der Waals surface area contributed by atoms with E-state index in [2.05, 4.69) is 26.1 Å². The first-order valence-corrected chi connectivity index (χ1v) is 10.8. The summed E-state index contributed by atoms with van der Waals surface area (Å²) in [5.41, 5.74) is 2.12. The first kappa shape index (κ1) is 19.4. The predicted octanol–water partition coefficient (Wildman–Crippen LogP) is 5.45. The molecule has 2 atom stereocenters. The van der Waals surface area contributed by atoms with Crippen molar-refractivity contribution in [2.45, 2.75) is 77.2 Å². The van der Waals surface area contributed by atoms with Gasteiger partial charge in [0.25, 0.3) is 0 Å². The Morgan fingerprint density at radius 1 is 1.25 bits per heavy atom. The molecule has 1 N–H and O–H groups in total. The molecule has 1 aromatic carbocycles. The third-order valence-corrected chi connectivity index (χ3v) is 7.83. The fourth-order valence-electron chi connectivity index (χ4n) is 5.63. The summed E-state index contributed by atoms with van der Waals surface area (Å²) in [6.45, 7) is 7.24. The van der Waals surface area contributed by atoms with Crippen molar-refractivity contribution in [2.75, 3.05) is 6.54 Å². The lowest BCUT2D eigenvalue weighted by atomic mass is 9.76. The van der Waals surface area contributed by atoms with Crippen molar-refractivity contribution < 1.29 is 9.18 Å². The molecule has 28 heavy (non-hydrogen) atoms. The van der Waals surface area contributed by atoms with Gasteiger partial charge in [-0.3, -0.25) is 0 Å². The zero-order valence-electron chi connectivity index (χ0n) is 17.3. The van der Waals surface area contributed by atoms with Crippen LogP contribution in [0.4, 0.5) is 9.18 Å². The lowest BCUT2D eigenvalue weighted by Gasteiger charge is -2.39. The summed E-state index contributed by atoms with van der Waals surface area (Å²) in [5.74, 6) is 0.392. The largest absolute Gasteiger partial charge is 0.338 e. The molecule has 0 aromatic heterocycles. The van der Waals surface area contributed by atoms with E-state index in [1.54, 1.807) is 5.01 Å². The summed E-state index contributed by atoms with van der Waals surface area (Å²) in [4.78, 5) is 13.2. The zero-order chi connectivity index (χ0) is 19.9. The summed E-state index contributed by atoms with van der Waals surface area (Å²) >= 11 is 0. The van der Waals surface area contributed by atoms with E-state index in [-0.39, 0.29) is 28.7 Å². The Hall–Kier alpha value is -1.91. The molecule has 5 heteroatoms. The number of benzene rings is 1. The summed E-state index contributed by atoms with van der Waals surface area (Å²) < 4.78 is 13.4. The number of hydrogen-bond donors (Lipinski definition) is 1. The molecule has 2 aliphatic carbocycles. The van der Waals surface area contributed by atoms with Crippen LogP contribution in [0.5, 0.6) is 0 Å². The second kappa shape index (κ2) is 7.16. The van der Waals surface area contributed by atoms with Gasteiger partial charge in [-0.2, -0.15) is 5.10 Å². The molecule has 152 valence electrons. The van der Waals surface area contributed by atoms with Crippen molar-refractivity contribution in [3.63, 3.8) is 0 Å². The Morgan fingerprint density at radius 3 is 2.50 bits per heavy atom. The molecule has 2 fully saturated rings. The highest BCUT2D eigenvalue weighted by atomic mass is 19.1. The van der Waals surface area contributed by atoms with E-state index >= 15 is 0 Å². The lowest BCUT2D eigenvalue weighted by Crippen LogP contribution is -2.56. The maximum atomic E-state index is 13.4. The van der Waals surface area contributed by atoms with Crippen LogP contribution in [0.2, 0.25) is 0 Å². The summed E-state index contributed by atoms with van der Waals surface area (Å²) in [7, 11) is 0. The Morgan fingerprint density at radius 2 is 1.93 bits per heavy atom. The molecule has 3 aliphatic rings. The number of amides is 2. The third-order valence-electron chi connectivity index (χ3n) is 7.83. The van der Waals surface area contributed by atoms with Crippen molar-refractivity contribution in [2.24, 2.45) is 16.4 Å². The van der Waals surface area contributed by atoms with Crippen LogP contribution >= 0.6 is 0 Å². The van der Waals surface area contributed by atoms with Crippen molar-refractivity contribution in [1.82, 2.24) is 10.3 Å². The molecule has 2 saturated carbocycles. The molecule has 1 aliphatic heterocycles. The molecule has 4 nitrogen and oxygen atoms in total. The SMILES string of the molecule is CCCCC1=NN(C(=O)N[C@@]2(C)[C@H]3CC[C@]2(C)CC3)CC1c1ccc(F)cc1. The minimum absolute atomic E-state index is 0.0570. The molecular formula is C23H32FN3O. The van der Waals surface area contributed by atoms with Gasteiger partial charge in [0.2, 0.25) is 0 Å². The fourth-order valence-corrected chi connectivity index (χ4v) is 5.63. The van der Waals surface area contributed by atoms with Crippen molar-refractivity contribution in [3.8, 4) is 0 Å². The smallest absolute Gasteiger partial charge is 0.331 e. The normalized spacial score (nSPS) is 34.0. The van der Waals surface area contributed by atoms with Gasteiger partial charge in [-0.25, -0.2) is 14.2 Å². The van der Waals surface area contributed by atoms with Crippen molar-refractivity contribution in [1.29, 1.82) is 0 Å². The Bertz CT molecular complexity index is 767. The van der Waals surface area contributed by atoms with Gasteiger partial charge in [0, 0.05) is 17.2 Å². The second-order valence-corrected chi connectivity index (χ2v) is 9.35. The molecule has 4 rings (SSSR count). The van der Waals surface area contributed by atoms with Crippen LogP contribution in [0, 0.1) is 17.2 Å². The molecule has 2 bridgehead atoms. The van der Waals surface area contributed by atoms with Gasteiger partial charge >= 0.3 is 6.03 Å². The highest BCUT2D eigenvalue weighted by Gasteiger charge is 2.60. The van der Waals surface area contributed by atoms with Crippen molar-refractivity contribution in [3.05, 3.63) is 35.6 Å². The summed E-state index contributed by atoms with van der Waals surface area (Å²) in [6.07, 6.45) is 7.80. The number of hydrogen-bond acceptors (Lipinski definition) is 2. The molecule has 0 spiro atoms. The molecule has 2 amide bonds. The Labute approximate surface area is 167 Å². The predicted molar refractivity (Wildman–Crippen MR) is 110 cm³/mol. The van der Waals surface area contributed by atoms with E-state index in [0.29, 0.717) is 12.5 Å². The molecular weight excluding hydrogens is 353 g/mol. The lowest BCUT2D eigenvalue weighted by molar-refractivity contribution is 0.148. The zero-order valence-corrected chi connectivity index (χ0v) is 17.3. The molecule has 0 saturated heterocycles. The standard InChI is InChI=1S/C23H32FN3O/c1-4-5-6-20-19(16-7-9-18(24)10-8-16)15-27(26-20)21(28)25-23(3)17-11-13-22(23,2)14-12-17/h7-10,17,19H,4-6,11-15H2,1-3H3,(H,25,28)/t17-,19?,22+,23-/m0/s1. The van der Waals surface area contributed by atoms with E-state index in [1.807, 2.05) is 12.1 Å². The first-order valence-electron chi connectivity index (χ1n) is 10.8. The average molecular weight is 386 g/mol. The number of hydrazone groups is 1. The number of fused-ring (bicyclic) bond motifs is 2. The maximum Gasteiger partial charge on any atom is 0.338 e. The van der Waals surface area contributed by atoms with Crippen LogP contribution in [0.3, 0.4) is 0 Å². The number of carbonyl (C=O) groups excluding carboxylic acids is 1. The van der Waals surface area contributed by atoms with Crippen LogP contribution < -0.4 is 5.32 Å². The van der Waals surface area contributed by atoms with Crippen LogP contribution in [-0.2, 0) is 0 Å². The maximum absolute atomic E-state index is 13.4. The number of urea groups is 1. The molecule has 1 aromatic rings. The van der Waals surface area contributed by atoms with Gasteiger partial charge < -0.3 is 5.32 Å². The minimum Gasteiger partial charge on any atom is -0.331 e. The van der Waals surface area contributed by atoms with E-state index in [1.165, 1.54) is 37.8 Å². The van der Waals surface area contributed by atoms with Gasteiger partial charge in [0.15, 0.2) is 0 Å².